The van der Waals surface area contributed by atoms with E-state index in [4.69, 9.17) is 4.42 Å². The highest BCUT2D eigenvalue weighted by Gasteiger charge is 2.23. The number of carbonyl (C=O) groups is 1. The van der Waals surface area contributed by atoms with Crippen LogP contribution >= 0.6 is 0 Å². The maximum Gasteiger partial charge on any atom is 0.345 e. The summed E-state index contributed by atoms with van der Waals surface area (Å²) in [5.74, 6) is 0.383. The van der Waals surface area contributed by atoms with Crippen molar-refractivity contribution >= 4 is 22.7 Å². The van der Waals surface area contributed by atoms with Crippen LogP contribution in [0.4, 0.5) is 5.69 Å². The lowest BCUT2D eigenvalue weighted by Gasteiger charge is -2.25. The van der Waals surface area contributed by atoms with Crippen LogP contribution in [0.2, 0.25) is 0 Å². The van der Waals surface area contributed by atoms with Crippen molar-refractivity contribution in [2.75, 3.05) is 5.32 Å². The molecule has 1 aromatic carbocycles. The van der Waals surface area contributed by atoms with E-state index in [1.807, 2.05) is 0 Å². The summed E-state index contributed by atoms with van der Waals surface area (Å²) < 4.78 is 5.29. The number of anilines is 1. The minimum absolute atomic E-state index is 0.106. The Morgan fingerprint density at radius 2 is 1.86 bits per heavy atom. The summed E-state index contributed by atoms with van der Waals surface area (Å²) in [5, 5.41) is 2.88. The molecule has 1 aliphatic carbocycles. The Hall–Kier alpha value is -3.42. The molecule has 1 aliphatic rings. The van der Waals surface area contributed by atoms with E-state index >= 15 is 0 Å². The zero-order chi connectivity index (χ0) is 20.5. The van der Waals surface area contributed by atoms with E-state index in [0.717, 1.165) is 19.3 Å². The van der Waals surface area contributed by atoms with Crippen molar-refractivity contribution in [2.24, 2.45) is 5.92 Å². The Bertz CT molecular complexity index is 1250. The van der Waals surface area contributed by atoms with E-state index in [2.05, 4.69) is 15.3 Å². The number of hydrogen-bond acceptors (Lipinski definition) is 5. The van der Waals surface area contributed by atoms with Gasteiger partial charge in [0.1, 0.15) is 5.39 Å². The molecule has 1 amide bonds. The largest absolute Gasteiger partial charge is 0.405 e. The molecule has 29 heavy (non-hydrogen) atoms. The van der Waals surface area contributed by atoms with Crippen molar-refractivity contribution in [3.8, 4) is 11.1 Å². The number of hydrogen-bond donors (Lipinski definition) is 3. The fraction of sp³-hybridized carbons (Fsp3) is 0.333. The van der Waals surface area contributed by atoms with Gasteiger partial charge in [-0.3, -0.25) is 19.6 Å². The lowest BCUT2D eigenvalue weighted by Crippen LogP contribution is -2.25. The van der Waals surface area contributed by atoms with Gasteiger partial charge < -0.3 is 9.73 Å². The summed E-state index contributed by atoms with van der Waals surface area (Å²) in [6.07, 6.45) is 4.88. The lowest BCUT2D eigenvalue weighted by molar-refractivity contribution is -0.114. The predicted octanol–water partition coefficient (Wildman–Crippen LogP) is 2.53. The molecule has 2 aromatic heterocycles. The molecule has 3 N–H and O–H groups in total. The summed E-state index contributed by atoms with van der Waals surface area (Å²) in [4.78, 5) is 52.8. The second kappa shape index (κ2) is 7.54. The second-order valence-corrected chi connectivity index (χ2v) is 7.45. The van der Waals surface area contributed by atoms with Crippen molar-refractivity contribution < 1.29 is 9.21 Å². The minimum atomic E-state index is -0.719. The van der Waals surface area contributed by atoms with Crippen LogP contribution in [0.3, 0.4) is 0 Å². The number of aryl methyl sites for hydroxylation is 1. The normalized spacial score (nSPS) is 14.0. The highest BCUT2D eigenvalue weighted by molar-refractivity contribution is 5.89. The number of aromatic amines is 2. The van der Waals surface area contributed by atoms with Crippen molar-refractivity contribution in [3.63, 3.8) is 0 Å². The first-order chi connectivity index (χ1) is 13.9. The van der Waals surface area contributed by atoms with Crippen LogP contribution < -0.4 is 22.2 Å². The molecule has 4 rings (SSSR count). The number of amides is 1. The first-order valence-corrected chi connectivity index (χ1v) is 9.62. The van der Waals surface area contributed by atoms with Crippen LogP contribution in [-0.4, -0.2) is 15.9 Å². The molecule has 0 radical (unpaired) electrons. The topological polar surface area (TPSA) is 125 Å². The van der Waals surface area contributed by atoms with E-state index in [0.29, 0.717) is 34.7 Å². The van der Waals surface area contributed by atoms with E-state index in [9.17, 15) is 19.2 Å². The average molecular weight is 395 g/mol. The van der Waals surface area contributed by atoms with E-state index < -0.39 is 16.9 Å². The van der Waals surface area contributed by atoms with Gasteiger partial charge in [0.25, 0.3) is 5.56 Å². The van der Waals surface area contributed by atoms with Gasteiger partial charge in [-0.05, 0) is 42.0 Å². The van der Waals surface area contributed by atoms with Crippen LogP contribution in [-0.2, 0) is 11.2 Å². The number of aromatic nitrogens is 2. The standard InChI is InChI=1S/C21H21N3O5/c1-11(25)22-14-8-6-13(7-9-14)16-15(10-5-12-3-2-4-12)17-18(26)23-21(28)24-19(17)29-20(16)27/h6-9,12H,2-5,10H2,1H3,(H,22,25)(H2,23,24,26,28). The van der Waals surface area contributed by atoms with Gasteiger partial charge in [0.05, 0.1) is 5.56 Å². The zero-order valence-electron chi connectivity index (χ0n) is 16.0. The van der Waals surface area contributed by atoms with Crippen molar-refractivity contribution in [3.05, 3.63) is 61.1 Å². The minimum Gasteiger partial charge on any atom is -0.405 e. The molecule has 0 spiro atoms. The van der Waals surface area contributed by atoms with Gasteiger partial charge >= 0.3 is 11.3 Å². The average Bonchev–Trinajstić information content (AvgIpc) is 2.60. The first-order valence-electron chi connectivity index (χ1n) is 9.62. The van der Waals surface area contributed by atoms with Gasteiger partial charge in [-0.15, -0.1) is 0 Å². The molecular weight excluding hydrogens is 374 g/mol. The van der Waals surface area contributed by atoms with E-state index in [-0.39, 0.29) is 17.0 Å². The van der Waals surface area contributed by atoms with Gasteiger partial charge in [-0.2, -0.15) is 0 Å². The third kappa shape index (κ3) is 3.78. The van der Waals surface area contributed by atoms with Gasteiger partial charge in [0.15, 0.2) is 0 Å². The molecule has 1 saturated carbocycles. The van der Waals surface area contributed by atoms with Crippen LogP contribution in [0.1, 0.15) is 38.2 Å². The SMILES string of the molecule is CC(=O)Nc1ccc(-c2c(CCC3CCC3)c3c(=O)[nH]c(=O)[nH]c3oc2=O)cc1. The summed E-state index contributed by atoms with van der Waals surface area (Å²) in [6.45, 7) is 1.41. The Morgan fingerprint density at radius 1 is 1.14 bits per heavy atom. The third-order valence-electron chi connectivity index (χ3n) is 5.43. The summed E-state index contributed by atoms with van der Waals surface area (Å²) >= 11 is 0. The molecule has 0 bridgehead atoms. The monoisotopic (exact) mass is 395 g/mol. The number of H-pyrrole nitrogens is 2. The lowest BCUT2D eigenvalue weighted by atomic mass is 9.80. The Labute approximate surface area is 165 Å². The Kier molecular flexibility index (Phi) is 4.92. The number of carbonyl (C=O) groups excluding carboxylic acids is 1. The Balaban J connectivity index is 1.88. The number of nitrogens with one attached hydrogen (secondary N) is 3. The van der Waals surface area contributed by atoms with E-state index in [1.165, 1.54) is 13.3 Å². The molecule has 1 fully saturated rings. The first kappa shape index (κ1) is 18.9. The zero-order valence-corrected chi connectivity index (χ0v) is 16.0. The van der Waals surface area contributed by atoms with Crippen LogP contribution in [0.25, 0.3) is 22.2 Å². The highest BCUT2D eigenvalue weighted by Crippen LogP contribution is 2.33. The fourth-order valence-electron chi connectivity index (χ4n) is 3.80. The molecule has 0 atom stereocenters. The quantitative estimate of drug-likeness (QED) is 0.612. The van der Waals surface area contributed by atoms with E-state index in [1.54, 1.807) is 24.3 Å². The van der Waals surface area contributed by atoms with Gasteiger partial charge in [-0.25, -0.2) is 9.59 Å². The van der Waals surface area contributed by atoms with Crippen molar-refractivity contribution in [1.82, 2.24) is 9.97 Å². The van der Waals surface area contributed by atoms with Gasteiger partial charge in [0, 0.05) is 12.6 Å². The molecule has 3 aromatic rings. The Morgan fingerprint density at radius 3 is 2.48 bits per heavy atom. The molecule has 0 saturated heterocycles. The number of fused-ring (bicyclic) bond motifs is 1. The molecular formula is C21H21N3O5. The number of rotatable bonds is 5. The molecule has 8 heteroatoms. The smallest absolute Gasteiger partial charge is 0.345 e. The van der Waals surface area contributed by atoms with Crippen LogP contribution in [0.15, 0.2) is 43.1 Å². The maximum absolute atomic E-state index is 12.8. The third-order valence-corrected chi connectivity index (χ3v) is 5.43. The molecule has 0 aliphatic heterocycles. The highest BCUT2D eigenvalue weighted by atomic mass is 16.4. The van der Waals surface area contributed by atoms with Gasteiger partial charge in [0.2, 0.25) is 11.6 Å². The van der Waals surface area contributed by atoms with Crippen molar-refractivity contribution in [2.45, 2.75) is 39.0 Å². The molecule has 8 nitrogen and oxygen atoms in total. The predicted molar refractivity (Wildman–Crippen MR) is 109 cm³/mol. The van der Waals surface area contributed by atoms with Crippen LogP contribution in [0, 0.1) is 5.92 Å². The number of benzene rings is 1. The van der Waals surface area contributed by atoms with Crippen LogP contribution in [0.5, 0.6) is 0 Å². The maximum atomic E-state index is 12.8. The fourth-order valence-corrected chi connectivity index (χ4v) is 3.80. The molecule has 150 valence electrons. The summed E-state index contributed by atoms with van der Waals surface area (Å²) in [7, 11) is 0. The van der Waals surface area contributed by atoms with Crippen molar-refractivity contribution in [1.29, 1.82) is 0 Å². The summed E-state index contributed by atoms with van der Waals surface area (Å²) in [5.41, 5.74) is 0.0566. The van der Waals surface area contributed by atoms with Gasteiger partial charge in [-0.1, -0.05) is 31.4 Å². The summed E-state index contributed by atoms with van der Waals surface area (Å²) in [6, 6.07) is 6.78. The molecule has 2 heterocycles. The molecule has 0 unspecified atom stereocenters. The second-order valence-electron chi connectivity index (χ2n) is 7.45.